The van der Waals surface area contributed by atoms with Crippen molar-refractivity contribution in [2.45, 2.75) is 6.42 Å². The van der Waals surface area contributed by atoms with Gasteiger partial charge >= 0.3 is 0 Å². The minimum absolute atomic E-state index is 0.0652. The van der Waals surface area contributed by atoms with Crippen LogP contribution in [0.1, 0.15) is 12.0 Å². The van der Waals surface area contributed by atoms with Gasteiger partial charge in [-0.2, -0.15) is 5.10 Å². The van der Waals surface area contributed by atoms with Crippen LogP contribution in [0.2, 0.25) is 0 Å². The predicted octanol–water partition coefficient (Wildman–Crippen LogP) is 3.36. The first-order chi connectivity index (χ1) is 11.1. The molecule has 2 aromatic rings. The van der Waals surface area contributed by atoms with Crippen LogP contribution in [0.15, 0.2) is 59.7 Å². The highest BCUT2D eigenvalue weighted by atomic mass is 16.6. The maximum absolute atomic E-state index is 10.7. The molecule has 0 fully saturated rings. The van der Waals surface area contributed by atoms with Crippen molar-refractivity contribution in [3.05, 3.63) is 70.3 Å². The van der Waals surface area contributed by atoms with E-state index >= 15 is 0 Å². The zero-order valence-electron chi connectivity index (χ0n) is 13.3. The van der Waals surface area contributed by atoms with Crippen LogP contribution in [0.3, 0.4) is 0 Å². The lowest BCUT2D eigenvalue weighted by molar-refractivity contribution is -0.384. The molecule has 0 aliphatic rings. The van der Waals surface area contributed by atoms with Gasteiger partial charge in [0, 0.05) is 25.1 Å². The van der Waals surface area contributed by atoms with Crippen molar-refractivity contribution < 1.29 is 4.92 Å². The minimum atomic E-state index is -0.417. The fourth-order valence-corrected chi connectivity index (χ4v) is 2.01. The van der Waals surface area contributed by atoms with E-state index in [9.17, 15) is 10.1 Å². The second-order valence-corrected chi connectivity index (χ2v) is 5.39. The zero-order valence-corrected chi connectivity index (χ0v) is 13.3. The van der Waals surface area contributed by atoms with E-state index in [2.05, 4.69) is 15.4 Å². The molecule has 0 heterocycles. The quantitative estimate of drug-likeness (QED) is 0.483. The Bertz CT molecular complexity index is 667. The number of rotatable bonds is 7. The van der Waals surface area contributed by atoms with Crippen molar-refractivity contribution in [2.24, 2.45) is 5.10 Å². The van der Waals surface area contributed by atoms with Crippen molar-refractivity contribution in [3.8, 4) is 0 Å². The fourth-order valence-electron chi connectivity index (χ4n) is 2.01. The molecule has 2 aromatic carbocycles. The third-order valence-electron chi connectivity index (χ3n) is 3.30. The molecule has 6 nitrogen and oxygen atoms in total. The Labute approximate surface area is 135 Å². The second kappa shape index (κ2) is 8.05. The van der Waals surface area contributed by atoms with Crippen LogP contribution in [0.5, 0.6) is 0 Å². The van der Waals surface area contributed by atoms with Crippen molar-refractivity contribution >= 4 is 17.1 Å². The van der Waals surface area contributed by atoms with Crippen LogP contribution in [0, 0.1) is 10.1 Å². The molecule has 0 amide bonds. The largest absolute Gasteiger partial charge is 0.309 e. The van der Waals surface area contributed by atoms with Gasteiger partial charge in [0.05, 0.1) is 16.3 Å². The molecule has 2 rings (SSSR count). The van der Waals surface area contributed by atoms with E-state index in [4.69, 9.17) is 0 Å². The normalized spacial score (nSPS) is 11.5. The number of hydrogen-bond acceptors (Lipinski definition) is 5. The molecule has 0 atom stereocenters. The number of nitro groups is 1. The summed E-state index contributed by atoms with van der Waals surface area (Å²) >= 11 is 0. The van der Waals surface area contributed by atoms with Crippen LogP contribution < -0.4 is 5.43 Å². The number of hydrogen-bond donors (Lipinski definition) is 1. The lowest BCUT2D eigenvalue weighted by atomic mass is 10.1. The molecule has 0 saturated heterocycles. The van der Waals surface area contributed by atoms with Crippen molar-refractivity contribution in [3.63, 3.8) is 0 Å². The van der Waals surface area contributed by atoms with Crippen molar-refractivity contribution in [1.82, 2.24) is 4.90 Å². The lowest BCUT2D eigenvalue weighted by Gasteiger charge is -2.12. The number of anilines is 1. The topological polar surface area (TPSA) is 70.8 Å². The van der Waals surface area contributed by atoms with E-state index in [0.717, 1.165) is 24.2 Å². The van der Waals surface area contributed by atoms with E-state index in [-0.39, 0.29) is 5.69 Å². The molecule has 0 spiro atoms. The smallest absolute Gasteiger partial charge is 0.269 e. The number of hydrazone groups is 1. The Morgan fingerprint density at radius 2 is 1.78 bits per heavy atom. The van der Waals surface area contributed by atoms with Crippen molar-refractivity contribution in [1.29, 1.82) is 0 Å². The summed E-state index contributed by atoms with van der Waals surface area (Å²) in [4.78, 5) is 12.3. The average molecular weight is 312 g/mol. The summed E-state index contributed by atoms with van der Waals surface area (Å²) in [5.74, 6) is 0. The molecule has 0 aliphatic carbocycles. The maximum atomic E-state index is 10.7. The van der Waals surface area contributed by atoms with Gasteiger partial charge in [-0.15, -0.1) is 0 Å². The zero-order chi connectivity index (χ0) is 16.7. The number of nitrogens with one attached hydrogen (secondary N) is 1. The highest BCUT2D eigenvalue weighted by molar-refractivity contribution is 6.01. The van der Waals surface area contributed by atoms with Gasteiger partial charge in [-0.3, -0.25) is 15.5 Å². The van der Waals surface area contributed by atoms with E-state index in [1.54, 1.807) is 12.1 Å². The lowest BCUT2D eigenvalue weighted by Crippen LogP contribution is -2.18. The summed E-state index contributed by atoms with van der Waals surface area (Å²) in [6.45, 7) is 0.885. The van der Waals surface area contributed by atoms with Gasteiger partial charge in [-0.1, -0.05) is 30.3 Å². The van der Waals surface area contributed by atoms with E-state index in [0.29, 0.717) is 5.69 Å². The van der Waals surface area contributed by atoms with Gasteiger partial charge in [0.2, 0.25) is 0 Å². The molecule has 0 aliphatic heterocycles. The summed E-state index contributed by atoms with van der Waals surface area (Å²) in [5, 5.41) is 15.1. The molecule has 0 radical (unpaired) electrons. The van der Waals surface area contributed by atoms with Gasteiger partial charge in [-0.25, -0.2) is 0 Å². The first kappa shape index (κ1) is 16.6. The molecule has 1 N–H and O–H groups in total. The summed E-state index contributed by atoms with van der Waals surface area (Å²) in [6.07, 6.45) is 0.803. The van der Waals surface area contributed by atoms with Gasteiger partial charge < -0.3 is 4.90 Å². The SMILES string of the molecule is CN(C)CC/C(=N\Nc1ccc([N+](=O)[O-])cc1)c1ccccc1. The second-order valence-electron chi connectivity index (χ2n) is 5.39. The third kappa shape index (κ3) is 5.19. The summed E-state index contributed by atoms with van der Waals surface area (Å²) < 4.78 is 0. The van der Waals surface area contributed by atoms with E-state index in [1.165, 1.54) is 12.1 Å². The van der Waals surface area contributed by atoms with Crippen LogP contribution in [-0.2, 0) is 0 Å². The van der Waals surface area contributed by atoms with Crippen LogP contribution in [0.4, 0.5) is 11.4 Å². The Kier molecular flexibility index (Phi) is 5.82. The summed E-state index contributed by atoms with van der Waals surface area (Å²) in [6, 6.07) is 16.2. The molecule has 0 bridgehead atoms. The predicted molar refractivity (Wildman–Crippen MR) is 92.9 cm³/mol. The van der Waals surface area contributed by atoms with Gasteiger partial charge in [-0.05, 0) is 31.8 Å². The molecule has 120 valence electrons. The van der Waals surface area contributed by atoms with Crippen molar-refractivity contribution in [2.75, 3.05) is 26.1 Å². The Balaban J connectivity index is 2.14. The first-order valence-corrected chi connectivity index (χ1v) is 7.33. The maximum Gasteiger partial charge on any atom is 0.269 e. The molecular formula is C17H20N4O2. The Morgan fingerprint density at radius 3 is 2.35 bits per heavy atom. The number of nitrogens with zero attached hydrogens (tertiary/aromatic N) is 3. The van der Waals surface area contributed by atoms with Crippen LogP contribution in [0.25, 0.3) is 0 Å². The Hall–Kier alpha value is -2.73. The van der Waals surface area contributed by atoms with E-state index < -0.39 is 4.92 Å². The third-order valence-corrected chi connectivity index (χ3v) is 3.30. The average Bonchev–Trinajstić information content (AvgIpc) is 2.56. The molecule has 0 unspecified atom stereocenters. The standard InChI is InChI=1S/C17H20N4O2/c1-20(2)13-12-17(14-6-4-3-5-7-14)19-18-15-8-10-16(11-9-15)21(22)23/h3-11,18H,12-13H2,1-2H3/b19-17+. The van der Waals surface area contributed by atoms with Crippen LogP contribution >= 0.6 is 0 Å². The fraction of sp³-hybridized carbons (Fsp3) is 0.235. The molecule has 6 heteroatoms. The molecule has 23 heavy (non-hydrogen) atoms. The van der Waals surface area contributed by atoms with Crippen LogP contribution in [-0.4, -0.2) is 36.2 Å². The Morgan fingerprint density at radius 1 is 1.13 bits per heavy atom. The number of benzene rings is 2. The summed E-state index contributed by atoms with van der Waals surface area (Å²) in [7, 11) is 4.04. The highest BCUT2D eigenvalue weighted by Gasteiger charge is 2.06. The number of non-ortho nitro benzene ring substituents is 1. The first-order valence-electron chi connectivity index (χ1n) is 7.33. The van der Waals surface area contributed by atoms with Gasteiger partial charge in [0.1, 0.15) is 0 Å². The molecular weight excluding hydrogens is 292 g/mol. The highest BCUT2D eigenvalue weighted by Crippen LogP contribution is 2.16. The minimum Gasteiger partial charge on any atom is -0.309 e. The molecule has 0 aromatic heterocycles. The molecule has 0 saturated carbocycles. The van der Waals surface area contributed by atoms with Gasteiger partial charge in [0.15, 0.2) is 0 Å². The summed E-state index contributed by atoms with van der Waals surface area (Å²) in [5.41, 5.74) is 5.76. The van der Waals surface area contributed by atoms with E-state index in [1.807, 2.05) is 44.4 Å². The number of nitro benzene ring substituents is 1. The van der Waals surface area contributed by atoms with Gasteiger partial charge in [0.25, 0.3) is 5.69 Å². The monoisotopic (exact) mass is 312 g/mol.